The van der Waals surface area contributed by atoms with E-state index in [4.69, 9.17) is 16.0 Å². The highest BCUT2D eigenvalue weighted by molar-refractivity contribution is 6.17. The van der Waals surface area contributed by atoms with Gasteiger partial charge >= 0.3 is 0 Å². The fraction of sp³-hybridized carbons (Fsp3) is 0.267. The molecule has 0 radical (unpaired) electrons. The topological polar surface area (TPSA) is 42.2 Å². The molecule has 0 aliphatic heterocycles. The number of carbonyl (C=O) groups excluding carboxylic acids is 1. The Morgan fingerprint density at radius 2 is 1.89 bits per heavy atom. The molecule has 2 rings (SSSR count). The van der Waals surface area contributed by atoms with Crippen molar-refractivity contribution in [3.8, 4) is 0 Å². The molecule has 1 N–H and O–H groups in total. The van der Waals surface area contributed by atoms with E-state index in [0.29, 0.717) is 24.4 Å². The summed E-state index contributed by atoms with van der Waals surface area (Å²) in [6.07, 6.45) is 2.25. The van der Waals surface area contributed by atoms with E-state index in [1.54, 1.807) is 12.3 Å². The maximum Gasteiger partial charge on any atom is 0.255 e. The summed E-state index contributed by atoms with van der Waals surface area (Å²) in [6.45, 7) is 2.45. The van der Waals surface area contributed by atoms with Crippen LogP contribution in [-0.2, 0) is 18.8 Å². The number of rotatable bonds is 5. The monoisotopic (exact) mass is 277 g/mol. The van der Waals surface area contributed by atoms with Crippen LogP contribution < -0.4 is 5.32 Å². The highest BCUT2D eigenvalue weighted by atomic mass is 35.5. The van der Waals surface area contributed by atoms with Crippen LogP contribution in [0, 0.1) is 0 Å². The molecule has 19 heavy (non-hydrogen) atoms. The summed E-state index contributed by atoms with van der Waals surface area (Å²) in [5.41, 5.74) is 2.73. The van der Waals surface area contributed by atoms with Crippen LogP contribution in [-0.4, -0.2) is 5.91 Å². The van der Waals surface area contributed by atoms with Gasteiger partial charge in [0.25, 0.3) is 5.91 Å². The van der Waals surface area contributed by atoms with E-state index in [0.717, 1.165) is 16.9 Å². The van der Waals surface area contributed by atoms with Gasteiger partial charge in [-0.2, -0.15) is 0 Å². The van der Waals surface area contributed by atoms with Crippen molar-refractivity contribution in [3.63, 3.8) is 0 Å². The number of halogens is 1. The van der Waals surface area contributed by atoms with Gasteiger partial charge in [0, 0.05) is 18.8 Å². The summed E-state index contributed by atoms with van der Waals surface area (Å²) in [5, 5.41) is 2.88. The molecular weight excluding hydrogens is 262 g/mol. The minimum atomic E-state index is -0.105. The lowest BCUT2D eigenvalue weighted by Gasteiger charge is -2.05. The second-order valence-electron chi connectivity index (χ2n) is 4.24. The number of furan rings is 1. The number of hydrogen-bond donors (Lipinski definition) is 1. The summed E-state index contributed by atoms with van der Waals surface area (Å²) in [5.74, 6) is 1.11. The third kappa shape index (κ3) is 3.38. The summed E-state index contributed by atoms with van der Waals surface area (Å²) in [6, 6.07) is 9.56. The van der Waals surface area contributed by atoms with E-state index < -0.39 is 0 Å². The van der Waals surface area contributed by atoms with Gasteiger partial charge in [-0.25, -0.2) is 0 Å². The average molecular weight is 278 g/mol. The zero-order chi connectivity index (χ0) is 13.7. The highest BCUT2D eigenvalue weighted by Gasteiger charge is 2.12. The van der Waals surface area contributed by atoms with Crippen LogP contribution in [0.5, 0.6) is 0 Å². The van der Waals surface area contributed by atoms with E-state index in [1.807, 2.05) is 31.2 Å². The second-order valence-corrected chi connectivity index (χ2v) is 4.51. The normalized spacial score (nSPS) is 10.4. The second kappa shape index (κ2) is 6.43. The SMILES string of the molecule is CCc1occc1C(=O)NCc1ccc(CCl)cc1. The van der Waals surface area contributed by atoms with Crippen LogP contribution in [0.3, 0.4) is 0 Å². The van der Waals surface area contributed by atoms with Gasteiger partial charge in [0.05, 0.1) is 11.8 Å². The summed E-state index contributed by atoms with van der Waals surface area (Å²) in [4.78, 5) is 12.0. The summed E-state index contributed by atoms with van der Waals surface area (Å²) < 4.78 is 5.24. The number of amides is 1. The number of hydrogen-bond acceptors (Lipinski definition) is 2. The first kappa shape index (κ1) is 13.7. The van der Waals surface area contributed by atoms with Crippen LogP contribution in [0.2, 0.25) is 0 Å². The lowest BCUT2D eigenvalue weighted by molar-refractivity contribution is 0.0949. The zero-order valence-corrected chi connectivity index (χ0v) is 11.5. The first-order valence-corrected chi connectivity index (χ1v) is 6.76. The molecule has 3 nitrogen and oxygen atoms in total. The molecule has 0 fully saturated rings. The van der Waals surface area contributed by atoms with Crippen molar-refractivity contribution in [1.29, 1.82) is 0 Å². The van der Waals surface area contributed by atoms with Gasteiger partial charge in [-0.3, -0.25) is 4.79 Å². The smallest absolute Gasteiger partial charge is 0.255 e. The molecule has 2 aromatic rings. The predicted octanol–water partition coefficient (Wildman–Crippen LogP) is 3.51. The van der Waals surface area contributed by atoms with Gasteiger partial charge in [-0.1, -0.05) is 31.2 Å². The molecular formula is C15H16ClNO2. The number of carbonyl (C=O) groups is 1. The van der Waals surface area contributed by atoms with Crippen LogP contribution in [0.1, 0.15) is 34.2 Å². The molecule has 4 heteroatoms. The lowest BCUT2D eigenvalue weighted by Crippen LogP contribution is -2.23. The third-order valence-corrected chi connectivity index (χ3v) is 3.25. The van der Waals surface area contributed by atoms with Gasteiger partial charge < -0.3 is 9.73 Å². The van der Waals surface area contributed by atoms with E-state index in [9.17, 15) is 4.79 Å². The third-order valence-electron chi connectivity index (χ3n) is 2.94. The molecule has 0 aliphatic carbocycles. The molecule has 1 aromatic heterocycles. The van der Waals surface area contributed by atoms with Crippen molar-refractivity contribution in [2.75, 3.05) is 0 Å². The number of alkyl halides is 1. The Balaban J connectivity index is 1.96. The quantitative estimate of drug-likeness (QED) is 0.850. The van der Waals surface area contributed by atoms with Gasteiger partial charge in [0.2, 0.25) is 0 Å². The van der Waals surface area contributed by atoms with Crippen LogP contribution in [0.15, 0.2) is 41.0 Å². The molecule has 0 aliphatic rings. The first-order valence-electron chi connectivity index (χ1n) is 6.23. The Hall–Kier alpha value is -1.74. The van der Waals surface area contributed by atoms with Crippen molar-refractivity contribution < 1.29 is 9.21 Å². The van der Waals surface area contributed by atoms with E-state index in [2.05, 4.69) is 5.32 Å². The van der Waals surface area contributed by atoms with E-state index >= 15 is 0 Å². The Kier molecular flexibility index (Phi) is 4.63. The molecule has 0 unspecified atom stereocenters. The number of nitrogens with one attached hydrogen (secondary N) is 1. The Labute approximate surface area is 117 Å². The number of benzene rings is 1. The van der Waals surface area contributed by atoms with Crippen LogP contribution in [0.4, 0.5) is 0 Å². The molecule has 100 valence electrons. The lowest BCUT2D eigenvalue weighted by atomic mass is 10.1. The Morgan fingerprint density at radius 3 is 2.53 bits per heavy atom. The highest BCUT2D eigenvalue weighted by Crippen LogP contribution is 2.11. The maximum atomic E-state index is 12.0. The maximum absolute atomic E-state index is 12.0. The zero-order valence-electron chi connectivity index (χ0n) is 10.8. The van der Waals surface area contributed by atoms with Gasteiger partial charge in [0.15, 0.2) is 0 Å². The number of aryl methyl sites for hydroxylation is 1. The molecule has 0 bridgehead atoms. The van der Waals surface area contributed by atoms with Crippen molar-refractivity contribution in [2.45, 2.75) is 25.8 Å². The minimum Gasteiger partial charge on any atom is -0.469 e. The minimum absolute atomic E-state index is 0.105. The fourth-order valence-corrected chi connectivity index (χ4v) is 2.02. The molecule has 1 amide bonds. The van der Waals surface area contributed by atoms with Gasteiger partial charge in [0.1, 0.15) is 5.76 Å². The summed E-state index contributed by atoms with van der Waals surface area (Å²) in [7, 11) is 0. The standard InChI is InChI=1S/C15H16ClNO2/c1-2-14-13(7-8-19-14)15(18)17-10-12-5-3-11(9-16)4-6-12/h3-8H,2,9-10H2,1H3,(H,17,18). The molecule has 1 heterocycles. The van der Waals surface area contributed by atoms with E-state index in [1.165, 1.54) is 0 Å². The molecule has 0 spiro atoms. The predicted molar refractivity (Wildman–Crippen MR) is 75.3 cm³/mol. The molecule has 1 aromatic carbocycles. The average Bonchev–Trinajstić information content (AvgIpc) is 2.93. The van der Waals surface area contributed by atoms with E-state index in [-0.39, 0.29) is 5.91 Å². The van der Waals surface area contributed by atoms with Crippen molar-refractivity contribution in [1.82, 2.24) is 5.32 Å². The van der Waals surface area contributed by atoms with Crippen LogP contribution in [0.25, 0.3) is 0 Å². The van der Waals surface area contributed by atoms with Gasteiger partial charge in [-0.05, 0) is 17.2 Å². The first-order chi connectivity index (χ1) is 9.24. The van der Waals surface area contributed by atoms with Crippen molar-refractivity contribution in [3.05, 3.63) is 59.0 Å². The van der Waals surface area contributed by atoms with Gasteiger partial charge in [-0.15, -0.1) is 11.6 Å². The van der Waals surface area contributed by atoms with Crippen molar-refractivity contribution >= 4 is 17.5 Å². The molecule has 0 atom stereocenters. The molecule has 0 saturated carbocycles. The van der Waals surface area contributed by atoms with Crippen molar-refractivity contribution in [2.24, 2.45) is 0 Å². The Morgan fingerprint density at radius 1 is 1.21 bits per heavy atom. The van der Waals surface area contributed by atoms with Crippen LogP contribution >= 0.6 is 11.6 Å². The molecule has 0 saturated heterocycles. The largest absolute Gasteiger partial charge is 0.469 e. The summed E-state index contributed by atoms with van der Waals surface area (Å²) >= 11 is 5.73. The fourth-order valence-electron chi connectivity index (χ4n) is 1.84. The Bertz CT molecular complexity index is 546.